The maximum atomic E-state index is 6.14. The van der Waals surface area contributed by atoms with Crippen LogP contribution in [0.15, 0.2) is 24.4 Å². The van der Waals surface area contributed by atoms with Crippen molar-refractivity contribution < 1.29 is 4.74 Å². The number of ether oxygens (including phenoxy) is 1. The molecule has 102 valence electrons. The van der Waals surface area contributed by atoms with Gasteiger partial charge in [-0.05, 0) is 37.2 Å². The van der Waals surface area contributed by atoms with Crippen LogP contribution in [-0.2, 0) is 7.05 Å². The van der Waals surface area contributed by atoms with Crippen molar-refractivity contribution in [1.29, 1.82) is 0 Å². The minimum Gasteiger partial charge on any atom is -0.493 e. The zero-order chi connectivity index (χ0) is 14.0. The van der Waals surface area contributed by atoms with Crippen molar-refractivity contribution >= 4 is 11.6 Å². The molecule has 1 atom stereocenters. The molecule has 1 unspecified atom stereocenters. The number of benzene rings is 1. The highest BCUT2D eigenvalue weighted by Crippen LogP contribution is 2.31. The third kappa shape index (κ3) is 2.74. The maximum absolute atomic E-state index is 6.14. The molecule has 0 spiro atoms. The molecule has 0 aliphatic rings. The van der Waals surface area contributed by atoms with Crippen LogP contribution in [0.3, 0.4) is 0 Å². The number of nitrogens with zero attached hydrogens (tertiary/aromatic N) is 2. The Kier molecular flexibility index (Phi) is 4.12. The summed E-state index contributed by atoms with van der Waals surface area (Å²) in [6.45, 7) is 2.03. The molecule has 5 heteroatoms. The summed E-state index contributed by atoms with van der Waals surface area (Å²) in [5.41, 5.74) is 3.20. The van der Waals surface area contributed by atoms with Crippen LogP contribution in [-0.4, -0.2) is 23.9 Å². The lowest BCUT2D eigenvalue weighted by Crippen LogP contribution is -2.21. The van der Waals surface area contributed by atoms with Crippen LogP contribution >= 0.6 is 11.6 Å². The fourth-order valence-electron chi connectivity index (χ4n) is 2.31. The van der Waals surface area contributed by atoms with Gasteiger partial charge in [0.2, 0.25) is 0 Å². The molecule has 0 fully saturated rings. The average Bonchev–Trinajstić information content (AvgIpc) is 2.71. The minimum absolute atomic E-state index is 0.0140. The predicted octanol–water partition coefficient (Wildman–Crippen LogP) is 2.70. The second-order valence-corrected chi connectivity index (χ2v) is 4.94. The summed E-state index contributed by atoms with van der Waals surface area (Å²) in [5, 5.41) is 8.27. The highest BCUT2D eigenvalue weighted by molar-refractivity contribution is 6.30. The lowest BCUT2D eigenvalue weighted by Gasteiger charge is -2.19. The van der Waals surface area contributed by atoms with E-state index in [1.807, 2.05) is 37.8 Å². The molecule has 0 saturated carbocycles. The molecule has 0 bridgehead atoms. The van der Waals surface area contributed by atoms with E-state index in [-0.39, 0.29) is 6.04 Å². The third-order valence-electron chi connectivity index (χ3n) is 3.13. The molecular weight excluding hydrogens is 262 g/mol. The van der Waals surface area contributed by atoms with Crippen molar-refractivity contribution in [3.63, 3.8) is 0 Å². The Bertz CT molecular complexity index is 560. The third-order valence-corrected chi connectivity index (χ3v) is 3.35. The van der Waals surface area contributed by atoms with E-state index in [0.717, 1.165) is 27.6 Å². The minimum atomic E-state index is -0.0140. The highest BCUT2D eigenvalue weighted by atomic mass is 35.5. The highest BCUT2D eigenvalue weighted by Gasteiger charge is 2.21. The van der Waals surface area contributed by atoms with E-state index in [1.54, 1.807) is 13.3 Å². The first kappa shape index (κ1) is 13.9. The molecule has 1 N–H and O–H groups in total. The van der Waals surface area contributed by atoms with E-state index >= 15 is 0 Å². The molecule has 0 amide bonds. The van der Waals surface area contributed by atoms with Gasteiger partial charge in [0.25, 0.3) is 0 Å². The Morgan fingerprint density at radius 3 is 2.68 bits per heavy atom. The van der Waals surface area contributed by atoms with Crippen molar-refractivity contribution in [2.75, 3.05) is 14.2 Å². The summed E-state index contributed by atoms with van der Waals surface area (Å²) >= 11 is 6.14. The normalized spacial score (nSPS) is 12.5. The Morgan fingerprint density at radius 2 is 2.11 bits per heavy atom. The van der Waals surface area contributed by atoms with Gasteiger partial charge in [-0.15, -0.1) is 0 Å². The van der Waals surface area contributed by atoms with Gasteiger partial charge < -0.3 is 10.1 Å². The Labute approximate surface area is 118 Å². The molecule has 0 aliphatic heterocycles. The topological polar surface area (TPSA) is 39.1 Å². The smallest absolute Gasteiger partial charge is 0.161 e. The molecular formula is C14H18ClN3O. The molecule has 0 saturated heterocycles. The van der Waals surface area contributed by atoms with Crippen molar-refractivity contribution in [2.45, 2.75) is 13.0 Å². The lowest BCUT2D eigenvalue weighted by atomic mass is 10.0. The van der Waals surface area contributed by atoms with E-state index in [4.69, 9.17) is 16.3 Å². The van der Waals surface area contributed by atoms with Crippen molar-refractivity contribution in [1.82, 2.24) is 15.1 Å². The van der Waals surface area contributed by atoms with E-state index in [2.05, 4.69) is 16.5 Å². The van der Waals surface area contributed by atoms with Crippen LogP contribution in [0.4, 0.5) is 0 Å². The fourth-order valence-corrected chi connectivity index (χ4v) is 2.60. The molecule has 1 aromatic carbocycles. The molecule has 19 heavy (non-hydrogen) atoms. The summed E-state index contributed by atoms with van der Waals surface area (Å²) in [6.07, 6.45) is 1.72. The number of aryl methyl sites for hydroxylation is 2. The number of rotatable bonds is 4. The molecule has 0 radical (unpaired) electrons. The van der Waals surface area contributed by atoms with E-state index < -0.39 is 0 Å². The van der Waals surface area contributed by atoms with Crippen molar-refractivity contribution in [3.8, 4) is 5.75 Å². The van der Waals surface area contributed by atoms with Crippen molar-refractivity contribution in [2.24, 2.45) is 7.05 Å². The first-order valence-electron chi connectivity index (χ1n) is 6.07. The fraction of sp³-hybridized carbons (Fsp3) is 0.357. The second-order valence-electron chi connectivity index (χ2n) is 4.51. The van der Waals surface area contributed by atoms with E-state index in [9.17, 15) is 0 Å². The molecule has 1 aromatic heterocycles. The molecule has 4 nitrogen and oxygen atoms in total. The summed E-state index contributed by atoms with van der Waals surface area (Å²) in [6, 6.07) is 6.00. The van der Waals surface area contributed by atoms with E-state index in [0.29, 0.717) is 0 Å². The summed E-state index contributed by atoms with van der Waals surface area (Å²) in [7, 11) is 5.46. The van der Waals surface area contributed by atoms with Gasteiger partial charge in [0.05, 0.1) is 19.3 Å². The Morgan fingerprint density at radius 1 is 1.37 bits per heavy atom. The zero-order valence-electron chi connectivity index (χ0n) is 11.6. The van der Waals surface area contributed by atoms with Crippen molar-refractivity contribution in [3.05, 3.63) is 46.2 Å². The first-order valence-corrected chi connectivity index (χ1v) is 6.45. The number of aromatic nitrogens is 2. The van der Waals surface area contributed by atoms with Crippen LogP contribution in [0.1, 0.15) is 22.9 Å². The summed E-state index contributed by atoms with van der Waals surface area (Å²) in [5.74, 6) is 0.763. The second kappa shape index (κ2) is 5.63. The van der Waals surface area contributed by atoms with Gasteiger partial charge in [-0.25, -0.2) is 0 Å². The van der Waals surface area contributed by atoms with Gasteiger partial charge >= 0.3 is 0 Å². The van der Waals surface area contributed by atoms with Gasteiger partial charge in [-0.1, -0.05) is 17.7 Å². The van der Waals surface area contributed by atoms with Crippen LogP contribution in [0.2, 0.25) is 5.02 Å². The van der Waals surface area contributed by atoms with E-state index in [1.165, 1.54) is 0 Å². The predicted molar refractivity (Wildman–Crippen MR) is 76.9 cm³/mol. The zero-order valence-corrected chi connectivity index (χ0v) is 12.3. The molecule has 1 heterocycles. The Balaban J connectivity index is 2.52. The Hall–Kier alpha value is -1.52. The number of halogens is 1. The summed E-state index contributed by atoms with van der Waals surface area (Å²) < 4.78 is 7.19. The largest absolute Gasteiger partial charge is 0.493 e. The monoisotopic (exact) mass is 279 g/mol. The van der Waals surface area contributed by atoms with Gasteiger partial charge in [-0.2, -0.15) is 5.10 Å². The van der Waals surface area contributed by atoms with Gasteiger partial charge in [0.15, 0.2) is 5.75 Å². The maximum Gasteiger partial charge on any atom is 0.161 e. The lowest BCUT2D eigenvalue weighted by molar-refractivity contribution is 0.402. The number of nitrogens with one attached hydrogen (secondary N) is 1. The first-order chi connectivity index (χ1) is 9.06. The van der Waals surface area contributed by atoms with Crippen LogP contribution < -0.4 is 10.1 Å². The van der Waals surface area contributed by atoms with Gasteiger partial charge in [0.1, 0.15) is 5.69 Å². The number of hydrogen-bond donors (Lipinski definition) is 1. The standard InChI is InChI=1S/C14H18ClN3O/c1-9-5-10(7-11(15)6-9)13(16-2)14-12(19-4)8-17-18(14)3/h5-8,13,16H,1-4H3. The molecule has 0 aliphatic carbocycles. The van der Waals surface area contributed by atoms with Gasteiger partial charge in [0, 0.05) is 12.1 Å². The summed E-state index contributed by atoms with van der Waals surface area (Å²) in [4.78, 5) is 0. The SMILES string of the molecule is CNC(c1cc(C)cc(Cl)c1)c1c(OC)cnn1C. The van der Waals surface area contributed by atoms with Crippen LogP contribution in [0.5, 0.6) is 5.75 Å². The quantitative estimate of drug-likeness (QED) is 0.935. The van der Waals surface area contributed by atoms with Gasteiger partial charge in [-0.3, -0.25) is 4.68 Å². The average molecular weight is 280 g/mol. The number of methoxy groups -OCH3 is 1. The molecule has 2 aromatic rings. The van der Waals surface area contributed by atoms with Crippen LogP contribution in [0.25, 0.3) is 0 Å². The van der Waals surface area contributed by atoms with Crippen LogP contribution in [0, 0.1) is 6.92 Å². The molecule has 2 rings (SSSR count). The number of hydrogen-bond acceptors (Lipinski definition) is 3.